The minimum atomic E-state index is -1.31. The van der Waals surface area contributed by atoms with Crippen molar-refractivity contribution < 1.29 is 24.2 Å². The zero-order valence-electron chi connectivity index (χ0n) is 12.2. The quantitative estimate of drug-likeness (QED) is 0.685. The molecule has 0 aliphatic carbocycles. The van der Waals surface area contributed by atoms with Gasteiger partial charge in [-0.2, -0.15) is 0 Å². The average molecular weight is 328 g/mol. The summed E-state index contributed by atoms with van der Waals surface area (Å²) in [5.74, 6) is -1.65. The molecule has 9 heteroatoms. The normalized spacial score (nSPS) is 9.67. The number of aliphatic carboxylic acids is 2. The summed E-state index contributed by atoms with van der Waals surface area (Å²) in [5, 5.41) is 23.4. The summed E-state index contributed by atoms with van der Waals surface area (Å²) >= 11 is 0. The van der Waals surface area contributed by atoms with E-state index in [4.69, 9.17) is 14.6 Å². The summed E-state index contributed by atoms with van der Waals surface area (Å²) in [6.07, 6.45) is 5.94. The first-order chi connectivity index (χ1) is 11.6. The first-order valence-corrected chi connectivity index (χ1v) is 6.64. The van der Waals surface area contributed by atoms with Crippen LogP contribution in [0.4, 0.5) is 0 Å². The van der Waals surface area contributed by atoms with Crippen LogP contribution in [0.2, 0.25) is 0 Å². The van der Waals surface area contributed by atoms with Crippen molar-refractivity contribution in [3.8, 4) is 22.9 Å². The minimum absolute atomic E-state index is 0.485. The van der Waals surface area contributed by atoms with E-state index in [-0.39, 0.29) is 0 Å². The monoisotopic (exact) mass is 328 g/mol. The van der Waals surface area contributed by atoms with Gasteiger partial charge in [0, 0.05) is 35.9 Å². The Labute approximate surface area is 135 Å². The van der Waals surface area contributed by atoms with Gasteiger partial charge in [-0.3, -0.25) is 19.6 Å². The van der Waals surface area contributed by atoms with Crippen molar-refractivity contribution in [3.05, 3.63) is 49.1 Å². The van der Waals surface area contributed by atoms with Crippen molar-refractivity contribution in [3.63, 3.8) is 0 Å². The summed E-state index contributed by atoms with van der Waals surface area (Å²) in [5.41, 5.74) is 1.71. The molecule has 0 aromatic carbocycles. The van der Waals surface area contributed by atoms with Gasteiger partial charge in [0.05, 0.1) is 0 Å². The second kappa shape index (κ2) is 8.13. The van der Waals surface area contributed by atoms with Gasteiger partial charge in [-0.15, -0.1) is 10.2 Å². The van der Waals surface area contributed by atoms with E-state index >= 15 is 0 Å². The summed E-state index contributed by atoms with van der Waals surface area (Å²) in [6, 6.07) is 7.29. The maximum atomic E-state index is 9.43. The molecule has 0 aliphatic heterocycles. The lowest BCUT2D eigenvalue weighted by atomic mass is 10.3. The number of nitrogens with zero attached hydrogens (tertiary/aromatic N) is 4. The Bertz CT molecular complexity index is 739. The molecule has 3 rings (SSSR count). The van der Waals surface area contributed by atoms with Gasteiger partial charge < -0.3 is 14.6 Å². The topological polar surface area (TPSA) is 139 Å². The largest absolute Gasteiger partial charge is 0.481 e. The number of aromatic nitrogens is 4. The van der Waals surface area contributed by atoms with Crippen molar-refractivity contribution >= 4 is 11.9 Å². The number of carboxylic acid groups (broad SMARTS) is 2. The first-order valence-electron chi connectivity index (χ1n) is 6.64. The SMILES string of the molecule is O=C(O)CC(=O)O.c1cc(-c2nnc(-c3ccncc3)o2)ccn1. The number of carboxylic acids is 2. The van der Waals surface area contributed by atoms with Crippen molar-refractivity contribution in [1.82, 2.24) is 20.2 Å². The maximum absolute atomic E-state index is 9.43. The summed E-state index contributed by atoms with van der Waals surface area (Å²) in [4.78, 5) is 26.7. The van der Waals surface area contributed by atoms with Crippen molar-refractivity contribution in [2.24, 2.45) is 0 Å². The lowest BCUT2D eigenvalue weighted by molar-refractivity contribution is -0.147. The number of carbonyl (C=O) groups is 2. The number of pyridine rings is 2. The highest BCUT2D eigenvalue weighted by Crippen LogP contribution is 2.22. The fraction of sp³-hybridized carbons (Fsp3) is 0.0667. The van der Waals surface area contributed by atoms with Gasteiger partial charge in [-0.25, -0.2) is 0 Å². The van der Waals surface area contributed by atoms with Crippen LogP contribution >= 0.6 is 0 Å². The number of hydrogen-bond donors (Lipinski definition) is 2. The molecule has 24 heavy (non-hydrogen) atoms. The Kier molecular flexibility index (Phi) is 5.67. The molecule has 0 aliphatic rings. The highest BCUT2D eigenvalue weighted by molar-refractivity contribution is 5.88. The Morgan fingerprint density at radius 1 is 0.792 bits per heavy atom. The molecule has 9 nitrogen and oxygen atoms in total. The zero-order valence-corrected chi connectivity index (χ0v) is 12.2. The summed E-state index contributed by atoms with van der Waals surface area (Å²) in [6.45, 7) is 0. The average Bonchev–Trinajstić information content (AvgIpc) is 3.06. The third-order valence-electron chi connectivity index (χ3n) is 2.58. The molecule has 0 amide bonds. The van der Waals surface area contributed by atoms with Crippen LogP contribution in [0.3, 0.4) is 0 Å². The molecule has 3 aromatic heterocycles. The van der Waals surface area contributed by atoms with E-state index in [1.54, 1.807) is 24.8 Å². The molecule has 3 heterocycles. The minimum Gasteiger partial charge on any atom is -0.481 e. The van der Waals surface area contributed by atoms with E-state index in [9.17, 15) is 9.59 Å². The van der Waals surface area contributed by atoms with Gasteiger partial charge >= 0.3 is 11.9 Å². The summed E-state index contributed by atoms with van der Waals surface area (Å²) in [7, 11) is 0. The fourth-order valence-electron chi connectivity index (χ4n) is 1.57. The molecular weight excluding hydrogens is 316 g/mol. The Balaban J connectivity index is 0.000000256. The van der Waals surface area contributed by atoms with E-state index in [1.165, 1.54) is 0 Å². The molecular formula is C15H12N4O5. The Morgan fingerprint density at radius 2 is 1.17 bits per heavy atom. The molecule has 2 N–H and O–H groups in total. The lowest BCUT2D eigenvalue weighted by Gasteiger charge is -1.93. The van der Waals surface area contributed by atoms with Crippen LogP contribution in [0.1, 0.15) is 6.42 Å². The molecule has 122 valence electrons. The Morgan fingerprint density at radius 3 is 1.46 bits per heavy atom. The van der Waals surface area contributed by atoms with E-state index < -0.39 is 18.4 Å². The van der Waals surface area contributed by atoms with Crippen molar-refractivity contribution in [1.29, 1.82) is 0 Å². The van der Waals surface area contributed by atoms with E-state index in [2.05, 4.69) is 20.2 Å². The standard InChI is InChI=1S/C12H8N4O.C3H4O4/c1-5-13-6-2-9(1)11-15-16-12(17-11)10-3-7-14-8-4-10;4-2(5)1-3(6)7/h1-8H;1H2,(H,4,5)(H,6,7). The first kappa shape index (κ1) is 16.7. The second-order valence-corrected chi connectivity index (χ2v) is 4.35. The molecule has 0 atom stereocenters. The van der Waals surface area contributed by atoms with Crippen LogP contribution in [-0.2, 0) is 9.59 Å². The van der Waals surface area contributed by atoms with Crippen molar-refractivity contribution in [2.75, 3.05) is 0 Å². The van der Waals surface area contributed by atoms with E-state index in [1.807, 2.05) is 24.3 Å². The van der Waals surface area contributed by atoms with Gasteiger partial charge in [0.1, 0.15) is 6.42 Å². The van der Waals surface area contributed by atoms with Crippen molar-refractivity contribution in [2.45, 2.75) is 6.42 Å². The number of hydrogen-bond acceptors (Lipinski definition) is 7. The number of rotatable bonds is 4. The van der Waals surface area contributed by atoms with Gasteiger partial charge in [-0.1, -0.05) is 0 Å². The van der Waals surface area contributed by atoms with Gasteiger partial charge in [0.2, 0.25) is 11.8 Å². The smallest absolute Gasteiger partial charge is 0.314 e. The fourth-order valence-corrected chi connectivity index (χ4v) is 1.57. The maximum Gasteiger partial charge on any atom is 0.314 e. The van der Waals surface area contributed by atoms with Crippen LogP contribution in [0.15, 0.2) is 53.5 Å². The molecule has 0 spiro atoms. The second-order valence-electron chi connectivity index (χ2n) is 4.35. The third-order valence-corrected chi connectivity index (χ3v) is 2.58. The van der Waals surface area contributed by atoms with Gasteiger partial charge in [0.25, 0.3) is 0 Å². The summed E-state index contributed by atoms with van der Waals surface area (Å²) < 4.78 is 5.58. The third kappa shape index (κ3) is 4.98. The van der Waals surface area contributed by atoms with Gasteiger partial charge in [0.15, 0.2) is 0 Å². The molecule has 0 unspecified atom stereocenters. The predicted octanol–water partition coefficient (Wildman–Crippen LogP) is 1.74. The molecule has 3 aromatic rings. The zero-order chi connectivity index (χ0) is 17.4. The lowest BCUT2D eigenvalue weighted by Crippen LogP contribution is -2.03. The Hall–Kier alpha value is -3.62. The van der Waals surface area contributed by atoms with Crippen LogP contribution in [0.25, 0.3) is 22.9 Å². The molecule has 0 saturated carbocycles. The van der Waals surface area contributed by atoms with Crippen LogP contribution in [-0.4, -0.2) is 42.3 Å². The molecule has 0 bridgehead atoms. The van der Waals surface area contributed by atoms with Crippen LogP contribution < -0.4 is 0 Å². The van der Waals surface area contributed by atoms with Crippen LogP contribution in [0, 0.1) is 0 Å². The molecule has 0 radical (unpaired) electrons. The van der Waals surface area contributed by atoms with Gasteiger partial charge in [-0.05, 0) is 24.3 Å². The van der Waals surface area contributed by atoms with Crippen LogP contribution in [0.5, 0.6) is 0 Å². The molecule has 0 saturated heterocycles. The highest BCUT2D eigenvalue weighted by atomic mass is 16.4. The van der Waals surface area contributed by atoms with E-state index in [0.717, 1.165) is 11.1 Å². The van der Waals surface area contributed by atoms with E-state index in [0.29, 0.717) is 11.8 Å². The predicted molar refractivity (Wildman–Crippen MR) is 80.6 cm³/mol. The highest BCUT2D eigenvalue weighted by Gasteiger charge is 2.09. The molecule has 0 fully saturated rings.